The molecule has 2 atom stereocenters. The lowest BCUT2D eigenvalue weighted by Gasteiger charge is -2.37. The summed E-state index contributed by atoms with van der Waals surface area (Å²) in [5.74, 6) is 0.706. The van der Waals surface area contributed by atoms with Gasteiger partial charge in [-0.25, -0.2) is 8.78 Å². The Morgan fingerprint density at radius 2 is 1.58 bits per heavy atom. The lowest BCUT2D eigenvalue weighted by molar-refractivity contribution is 0.0782. The molecule has 3 aromatic carbocycles. The van der Waals surface area contributed by atoms with Crippen molar-refractivity contribution in [1.82, 2.24) is 9.80 Å². The van der Waals surface area contributed by atoms with Crippen molar-refractivity contribution in [2.75, 3.05) is 64.9 Å². The Hall–Kier alpha value is -3.65. The highest BCUT2D eigenvalue weighted by molar-refractivity contribution is 5.95. The molecule has 0 spiro atoms. The van der Waals surface area contributed by atoms with Gasteiger partial charge in [-0.05, 0) is 66.1 Å². The van der Waals surface area contributed by atoms with Crippen LogP contribution >= 0.6 is 0 Å². The van der Waals surface area contributed by atoms with Crippen LogP contribution in [0.4, 0.5) is 14.5 Å². The summed E-state index contributed by atoms with van der Waals surface area (Å²) in [6, 6.07) is 18.6. The van der Waals surface area contributed by atoms with E-state index in [9.17, 15) is 13.6 Å². The summed E-state index contributed by atoms with van der Waals surface area (Å²) in [4.78, 5) is 20.1. The molecule has 0 aliphatic carbocycles. The normalized spacial score (nSPS) is 20.0. The van der Waals surface area contributed by atoms with Gasteiger partial charge in [0.2, 0.25) is 0 Å². The zero-order valence-electron chi connectivity index (χ0n) is 21.8. The van der Waals surface area contributed by atoms with Gasteiger partial charge in [0.05, 0.1) is 14.2 Å². The second-order valence-corrected chi connectivity index (χ2v) is 9.97. The van der Waals surface area contributed by atoms with Gasteiger partial charge in [0.15, 0.2) is 11.5 Å². The number of hydrogen-bond donors (Lipinski definition) is 0. The van der Waals surface area contributed by atoms with E-state index in [0.29, 0.717) is 30.2 Å². The van der Waals surface area contributed by atoms with Crippen molar-refractivity contribution in [3.63, 3.8) is 0 Å². The predicted octanol–water partition coefficient (Wildman–Crippen LogP) is 4.66. The van der Waals surface area contributed by atoms with E-state index in [4.69, 9.17) is 9.47 Å². The molecule has 2 fully saturated rings. The maximum Gasteiger partial charge on any atom is 0.254 e. The molecule has 6 nitrogen and oxygen atoms in total. The fraction of sp³-hybridized carbons (Fsp3) is 0.367. The molecule has 3 aromatic rings. The minimum atomic E-state index is -0.265. The van der Waals surface area contributed by atoms with Crippen molar-refractivity contribution in [1.29, 1.82) is 0 Å². The number of ether oxygens (including phenoxy) is 2. The number of rotatable bonds is 7. The molecule has 0 saturated carbocycles. The van der Waals surface area contributed by atoms with Crippen LogP contribution in [0.3, 0.4) is 0 Å². The van der Waals surface area contributed by atoms with Gasteiger partial charge in [-0.15, -0.1) is 0 Å². The van der Waals surface area contributed by atoms with E-state index in [0.717, 1.165) is 44.0 Å². The average Bonchev–Trinajstić information content (AvgIpc) is 3.37. The van der Waals surface area contributed by atoms with Gasteiger partial charge in [0.1, 0.15) is 11.6 Å². The summed E-state index contributed by atoms with van der Waals surface area (Å²) in [6.07, 6.45) is 0. The Morgan fingerprint density at radius 3 is 2.26 bits per heavy atom. The average molecular weight is 522 g/mol. The fourth-order valence-corrected chi connectivity index (χ4v) is 5.66. The van der Waals surface area contributed by atoms with Crippen LogP contribution < -0.4 is 14.4 Å². The standard InChI is InChI=1S/C30H33F2N3O3/c1-37-28-11-6-22(17-29(28)38-2)30(36)35-19-23(27(20-35)21-4-3-5-25(32)16-21)18-33-12-14-34(15-13-33)26-9-7-24(31)8-10-26/h3-11,16-17,23,27H,12-15,18-20H2,1-2H3/t23-,27+/m0/s1. The van der Waals surface area contributed by atoms with Crippen molar-refractivity contribution in [3.05, 3.63) is 89.5 Å². The van der Waals surface area contributed by atoms with Gasteiger partial charge in [0, 0.05) is 63.0 Å². The molecule has 5 rings (SSSR count). The van der Waals surface area contributed by atoms with Gasteiger partial charge in [0.25, 0.3) is 5.91 Å². The van der Waals surface area contributed by atoms with Crippen LogP contribution in [0, 0.1) is 17.6 Å². The fourth-order valence-electron chi connectivity index (χ4n) is 5.66. The van der Waals surface area contributed by atoms with Gasteiger partial charge < -0.3 is 19.3 Å². The summed E-state index contributed by atoms with van der Waals surface area (Å²) >= 11 is 0. The maximum atomic E-state index is 14.2. The van der Waals surface area contributed by atoms with Crippen molar-refractivity contribution >= 4 is 11.6 Å². The molecule has 2 aliphatic rings. The first-order chi connectivity index (χ1) is 18.4. The van der Waals surface area contributed by atoms with Crippen LogP contribution in [-0.2, 0) is 0 Å². The third-order valence-electron chi connectivity index (χ3n) is 7.69. The van der Waals surface area contributed by atoms with Crippen LogP contribution in [0.15, 0.2) is 66.7 Å². The molecule has 0 unspecified atom stereocenters. The minimum Gasteiger partial charge on any atom is -0.493 e. The number of benzene rings is 3. The highest BCUT2D eigenvalue weighted by Crippen LogP contribution is 2.36. The van der Waals surface area contributed by atoms with Crippen molar-refractivity contribution < 1.29 is 23.0 Å². The third kappa shape index (κ3) is 5.60. The summed E-state index contributed by atoms with van der Waals surface area (Å²) < 4.78 is 38.2. The molecule has 0 N–H and O–H groups in total. The second kappa shape index (κ2) is 11.4. The van der Waals surface area contributed by atoms with Crippen molar-refractivity contribution in [2.24, 2.45) is 5.92 Å². The predicted molar refractivity (Wildman–Crippen MR) is 143 cm³/mol. The summed E-state index contributed by atoms with van der Waals surface area (Å²) in [6.45, 7) is 5.35. The van der Waals surface area contributed by atoms with Crippen LogP contribution in [0.25, 0.3) is 0 Å². The Labute approximate surface area is 222 Å². The van der Waals surface area contributed by atoms with Gasteiger partial charge in [-0.3, -0.25) is 9.69 Å². The zero-order chi connectivity index (χ0) is 26.6. The molecule has 200 valence electrons. The Balaban J connectivity index is 1.30. The highest BCUT2D eigenvalue weighted by atomic mass is 19.1. The Morgan fingerprint density at radius 1 is 0.842 bits per heavy atom. The van der Waals surface area contributed by atoms with Crippen LogP contribution in [-0.4, -0.2) is 75.7 Å². The van der Waals surface area contributed by atoms with Crippen LogP contribution in [0.5, 0.6) is 11.5 Å². The first-order valence-corrected chi connectivity index (χ1v) is 12.9. The molecule has 2 saturated heterocycles. The molecule has 0 aromatic heterocycles. The monoisotopic (exact) mass is 521 g/mol. The number of hydrogen-bond acceptors (Lipinski definition) is 5. The Kier molecular flexibility index (Phi) is 7.79. The third-order valence-corrected chi connectivity index (χ3v) is 7.69. The largest absolute Gasteiger partial charge is 0.493 e. The van der Waals surface area contributed by atoms with Crippen molar-refractivity contribution in [2.45, 2.75) is 5.92 Å². The summed E-state index contributed by atoms with van der Waals surface area (Å²) in [5, 5.41) is 0. The summed E-state index contributed by atoms with van der Waals surface area (Å²) in [5.41, 5.74) is 2.48. The zero-order valence-corrected chi connectivity index (χ0v) is 21.8. The topological polar surface area (TPSA) is 45.2 Å². The molecule has 0 bridgehead atoms. The van der Waals surface area contributed by atoms with E-state index in [2.05, 4.69) is 9.80 Å². The number of amides is 1. The van der Waals surface area contributed by atoms with E-state index >= 15 is 0 Å². The number of methoxy groups -OCH3 is 2. The van der Waals surface area contributed by atoms with Gasteiger partial charge in [-0.1, -0.05) is 12.1 Å². The van der Waals surface area contributed by atoms with E-state index < -0.39 is 0 Å². The van der Waals surface area contributed by atoms with Gasteiger partial charge in [-0.2, -0.15) is 0 Å². The van der Waals surface area contributed by atoms with Crippen LogP contribution in [0.2, 0.25) is 0 Å². The van der Waals surface area contributed by atoms with E-state index in [1.165, 1.54) is 18.2 Å². The highest BCUT2D eigenvalue weighted by Gasteiger charge is 2.38. The number of carbonyl (C=O) groups excluding carboxylic acids is 1. The Bertz CT molecular complexity index is 1260. The smallest absolute Gasteiger partial charge is 0.254 e. The maximum absolute atomic E-state index is 14.2. The number of nitrogens with zero attached hydrogens (tertiary/aromatic N) is 3. The number of halogens is 2. The second-order valence-electron chi connectivity index (χ2n) is 9.97. The van der Waals surface area contributed by atoms with Crippen molar-refractivity contribution in [3.8, 4) is 11.5 Å². The summed E-state index contributed by atoms with van der Waals surface area (Å²) in [7, 11) is 3.11. The van der Waals surface area contributed by atoms with Gasteiger partial charge >= 0.3 is 0 Å². The molecule has 0 radical (unpaired) electrons. The molecule has 8 heteroatoms. The lowest BCUT2D eigenvalue weighted by atomic mass is 9.88. The molecule has 38 heavy (non-hydrogen) atoms. The lowest BCUT2D eigenvalue weighted by Crippen LogP contribution is -2.48. The quantitative estimate of drug-likeness (QED) is 0.453. The number of anilines is 1. The molecule has 2 aliphatic heterocycles. The van der Waals surface area contributed by atoms with E-state index in [-0.39, 0.29) is 29.4 Å². The van der Waals surface area contributed by atoms with E-state index in [1.54, 1.807) is 44.6 Å². The SMILES string of the molecule is COc1ccc(C(=O)N2C[C@H](CN3CCN(c4ccc(F)cc4)CC3)[C@@H](c3cccc(F)c3)C2)cc1OC. The first-order valence-electron chi connectivity index (χ1n) is 12.9. The molecule has 2 heterocycles. The van der Waals surface area contributed by atoms with Crippen LogP contribution in [0.1, 0.15) is 21.8 Å². The number of carbonyl (C=O) groups is 1. The molecule has 1 amide bonds. The number of piperazine rings is 1. The first kappa shape index (κ1) is 26.0. The number of likely N-dealkylation sites (tertiary alicyclic amines) is 1. The minimum absolute atomic E-state index is 0.0323. The molecular formula is C30H33F2N3O3. The van der Waals surface area contributed by atoms with E-state index in [1.807, 2.05) is 23.1 Å². The molecular weight excluding hydrogens is 488 g/mol.